The van der Waals surface area contributed by atoms with E-state index in [2.05, 4.69) is 47.2 Å². The molecule has 0 amide bonds. The lowest BCUT2D eigenvalue weighted by atomic mass is 10.0. The summed E-state index contributed by atoms with van der Waals surface area (Å²) in [5.74, 6) is 0. The fourth-order valence-electron chi connectivity index (χ4n) is 2.71. The molecule has 2 heterocycles. The van der Waals surface area contributed by atoms with Crippen LogP contribution in [0.4, 0.5) is 0 Å². The molecule has 4 N–H and O–H groups in total. The van der Waals surface area contributed by atoms with E-state index in [1.165, 1.54) is 27.7 Å². The molecule has 3 aromatic rings. The van der Waals surface area contributed by atoms with Crippen LogP contribution < -0.4 is 5.73 Å². The van der Waals surface area contributed by atoms with Crippen molar-refractivity contribution in [2.75, 3.05) is 0 Å². The summed E-state index contributed by atoms with van der Waals surface area (Å²) in [4.78, 5) is 3.51. The first kappa shape index (κ1) is 12.0. The average Bonchev–Trinajstić information content (AvgIpc) is 2.96. The van der Waals surface area contributed by atoms with Crippen LogP contribution in [-0.2, 0) is 13.0 Å². The molecular formula is C15H18N4. The Morgan fingerprint density at radius 1 is 1.21 bits per heavy atom. The van der Waals surface area contributed by atoms with Gasteiger partial charge in [-0.05, 0) is 31.0 Å². The number of benzene rings is 1. The first-order chi connectivity index (χ1) is 9.20. The Morgan fingerprint density at radius 2 is 2.05 bits per heavy atom. The van der Waals surface area contributed by atoms with Crippen LogP contribution in [0.5, 0.6) is 0 Å². The third kappa shape index (κ3) is 1.94. The molecular weight excluding hydrogens is 236 g/mol. The minimum atomic E-state index is 0.494. The molecule has 4 nitrogen and oxygen atoms in total. The third-order valence-corrected chi connectivity index (χ3v) is 3.76. The molecule has 4 heteroatoms. The Bertz CT molecular complexity index is 721. The van der Waals surface area contributed by atoms with Crippen LogP contribution in [0.3, 0.4) is 0 Å². The second kappa shape index (κ2) is 4.55. The molecule has 0 aliphatic carbocycles. The summed E-state index contributed by atoms with van der Waals surface area (Å²) in [6, 6.07) is 6.36. The maximum atomic E-state index is 5.70. The third-order valence-electron chi connectivity index (χ3n) is 3.76. The smallest absolute Gasteiger partial charge is 0.0526 e. The van der Waals surface area contributed by atoms with Crippen molar-refractivity contribution in [1.29, 1.82) is 0 Å². The molecule has 0 radical (unpaired) electrons. The van der Waals surface area contributed by atoms with E-state index in [1.807, 2.05) is 6.20 Å². The van der Waals surface area contributed by atoms with Gasteiger partial charge in [-0.1, -0.05) is 12.1 Å². The predicted octanol–water partition coefficient (Wildman–Crippen LogP) is 2.56. The lowest BCUT2D eigenvalue weighted by Crippen LogP contribution is -2.01. The molecule has 0 spiro atoms. The number of hydrogen-bond donors (Lipinski definition) is 3. The Hall–Kier alpha value is -2.07. The van der Waals surface area contributed by atoms with Crippen LogP contribution in [0, 0.1) is 13.8 Å². The molecule has 1 aromatic carbocycles. The highest BCUT2D eigenvalue weighted by molar-refractivity contribution is 5.87. The summed E-state index contributed by atoms with van der Waals surface area (Å²) >= 11 is 0. The van der Waals surface area contributed by atoms with Gasteiger partial charge in [0.05, 0.1) is 11.9 Å². The molecule has 3 rings (SSSR count). The Balaban J connectivity index is 2.07. The van der Waals surface area contributed by atoms with Gasteiger partial charge in [0.2, 0.25) is 0 Å². The minimum Gasteiger partial charge on any atom is -0.358 e. The van der Waals surface area contributed by atoms with Gasteiger partial charge in [0.1, 0.15) is 0 Å². The van der Waals surface area contributed by atoms with E-state index in [0.29, 0.717) is 6.54 Å². The van der Waals surface area contributed by atoms with Gasteiger partial charge in [0.15, 0.2) is 0 Å². The molecule has 0 bridgehead atoms. The van der Waals surface area contributed by atoms with Crippen LogP contribution in [0.1, 0.15) is 28.1 Å². The molecule has 0 atom stereocenters. The Morgan fingerprint density at radius 3 is 2.79 bits per heavy atom. The number of hydrogen-bond acceptors (Lipinski definition) is 2. The molecule has 2 aromatic heterocycles. The number of aromatic amines is 2. The second-order valence-corrected chi connectivity index (χ2v) is 4.98. The van der Waals surface area contributed by atoms with E-state index in [4.69, 9.17) is 5.73 Å². The number of aromatic nitrogens is 3. The van der Waals surface area contributed by atoms with Crippen molar-refractivity contribution < 1.29 is 0 Å². The summed E-state index contributed by atoms with van der Waals surface area (Å²) in [6.07, 6.45) is 2.70. The van der Waals surface area contributed by atoms with Crippen molar-refractivity contribution in [3.63, 3.8) is 0 Å². The maximum Gasteiger partial charge on any atom is 0.0526 e. The molecule has 98 valence electrons. The summed E-state index contributed by atoms with van der Waals surface area (Å²) in [5.41, 5.74) is 12.9. The number of nitrogens with one attached hydrogen (secondary N) is 2. The van der Waals surface area contributed by atoms with Crippen molar-refractivity contribution in [3.8, 4) is 0 Å². The molecule has 0 aliphatic rings. The first-order valence-electron chi connectivity index (χ1n) is 6.48. The lowest BCUT2D eigenvalue weighted by Gasteiger charge is -2.01. The van der Waals surface area contributed by atoms with Gasteiger partial charge in [-0.2, -0.15) is 5.10 Å². The number of fused-ring (bicyclic) bond motifs is 1. The molecule has 0 unspecified atom stereocenters. The van der Waals surface area contributed by atoms with Crippen molar-refractivity contribution in [2.24, 2.45) is 5.73 Å². The highest BCUT2D eigenvalue weighted by Crippen LogP contribution is 2.26. The highest BCUT2D eigenvalue weighted by Gasteiger charge is 2.12. The zero-order valence-corrected chi connectivity index (χ0v) is 11.2. The Kier molecular flexibility index (Phi) is 2.87. The monoisotopic (exact) mass is 254 g/mol. The van der Waals surface area contributed by atoms with Gasteiger partial charge in [-0.15, -0.1) is 0 Å². The van der Waals surface area contributed by atoms with Gasteiger partial charge in [0.25, 0.3) is 0 Å². The van der Waals surface area contributed by atoms with Crippen LogP contribution >= 0.6 is 0 Å². The van der Waals surface area contributed by atoms with E-state index in [0.717, 1.165) is 17.7 Å². The summed E-state index contributed by atoms with van der Waals surface area (Å²) in [5, 5.41) is 8.35. The number of nitrogens with zero attached hydrogens (tertiary/aromatic N) is 1. The molecule has 0 fully saturated rings. The topological polar surface area (TPSA) is 70.5 Å². The standard InChI is InChI=1S/C15H18N4/c1-9-4-3-5-12-15(9)10(2)13(18-12)6-11-8-17-19-14(11)7-16/h3-5,8,18H,6-7,16H2,1-2H3,(H,17,19). The molecule has 0 saturated heterocycles. The van der Waals surface area contributed by atoms with Gasteiger partial charge in [0, 0.05) is 35.1 Å². The van der Waals surface area contributed by atoms with Crippen molar-refractivity contribution in [2.45, 2.75) is 26.8 Å². The van der Waals surface area contributed by atoms with E-state index in [9.17, 15) is 0 Å². The molecule has 0 aliphatic heterocycles. The van der Waals surface area contributed by atoms with Crippen molar-refractivity contribution in [3.05, 3.63) is 52.5 Å². The van der Waals surface area contributed by atoms with Gasteiger partial charge >= 0.3 is 0 Å². The summed E-state index contributed by atoms with van der Waals surface area (Å²) in [6.45, 7) is 4.81. The Labute approximate surface area is 112 Å². The maximum absolute atomic E-state index is 5.70. The first-order valence-corrected chi connectivity index (χ1v) is 6.48. The van der Waals surface area contributed by atoms with Gasteiger partial charge in [-0.3, -0.25) is 5.10 Å². The zero-order chi connectivity index (χ0) is 13.4. The fourth-order valence-corrected chi connectivity index (χ4v) is 2.71. The SMILES string of the molecule is Cc1cccc2[nH]c(Cc3cn[nH]c3CN)c(C)c12. The lowest BCUT2D eigenvalue weighted by molar-refractivity contribution is 0.929. The molecule has 0 saturated carbocycles. The van der Waals surface area contributed by atoms with E-state index < -0.39 is 0 Å². The van der Waals surface area contributed by atoms with E-state index >= 15 is 0 Å². The number of H-pyrrole nitrogens is 2. The van der Waals surface area contributed by atoms with Crippen LogP contribution in [-0.4, -0.2) is 15.2 Å². The predicted molar refractivity (Wildman–Crippen MR) is 77.1 cm³/mol. The summed E-state index contributed by atoms with van der Waals surface area (Å²) < 4.78 is 0. The summed E-state index contributed by atoms with van der Waals surface area (Å²) in [7, 11) is 0. The van der Waals surface area contributed by atoms with Gasteiger partial charge in [-0.25, -0.2) is 0 Å². The highest BCUT2D eigenvalue weighted by atomic mass is 15.1. The number of nitrogens with two attached hydrogens (primary N) is 1. The minimum absolute atomic E-state index is 0.494. The largest absolute Gasteiger partial charge is 0.358 e. The van der Waals surface area contributed by atoms with E-state index in [-0.39, 0.29) is 0 Å². The second-order valence-electron chi connectivity index (χ2n) is 4.98. The molecule has 19 heavy (non-hydrogen) atoms. The average molecular weight is 254 g/mol. The van der Waals surface area contributed by atoms with Crippen LogP contribution in [0.25, 0.3) is 10.9 Å². The van der Waals surface area contributed by atoms with Crippen molar-refractivity contribution in [1.82, 2.24) is 15.2 Å². The van der Waals surface area contributed by atoms with Crippen LogP contribution in [0.2, 0.25) is 0 Å². The fraction of sp³-hybridized carbons (Fsp3) is 0.267. The quantitative estimate of drug-likeness (QED) is 0.672. The van der Waals surface area contributed by atoms with Crippen LogP contribution in [0.15, 0.2) is 24.4 Å². The van der Waals surface area contributed by atoms with E-state index in [1.54, 1.807) is 0 Å². The van der Waals surface area contributed by atoms with Gasteiger partial charge < -0.3 is 10.7 Å². The number of aryl methyl sites for hydroxylation is 2. The normalized spacial score (nSPS) is 11.3. The zero-order valence-electron chi connectivity index (χ0n) is 11.2. The van der Waals surface area contributed by atoms with Crippen molar-refractivity contribution >= 4 is 10.9 Å². The number of rotatable bonds is 3.